The Morgan fingerprint density at radius 1 is 1.48 bits per heavy atom. The Bertz CT molecular complexity index is 973. The van der Waals surface area contributed by atoms with Crippen molar-refractivity contribution >= 4 is 22.5 Å². The normalized spacial score (nSPS) is 21.8. The molecule has 3 rings (SSSR count). The number of aliphatic imine (C=N–C) groups is 1. The standard InChI is InChI=1S/C22H25N5OS/c1-4-6-18(16(5-2)17-13-15(14-23)7-8-19(17)28-3)25-21-27-26-20(29-21)9-10-22(24)11-12-22/h4,6-8,13,20,26H,5,11-12,24H2,1-3H3,(H,25,27)/b6-4-,18-16-. The van der Waals surface area contributed by atoms with Crippen LogP contribution in [0.3, 0.4) is 0 Å². The number of nitrogens with zero attached hydrogens (tertiary/aromatic N) is 2. The molecule has 0 bridgehead atoms. The minimum atomic E-state index is -0.296. The number of nitrogens with two attached hydrogens (primary N) is 1. The number of thioether (sulfide) groups is 1. The zero-order valence-corrected chi connectivity index (χ0v) is 17.7. The molecule has 150 valence electrons. The SMILES string of the molecule is C/C=C\C(N=C1NNC(C#CC2(N)CC2)S1)=C(/CC)c1cc(C#N)ccc1OC. The van der Waals surface area contributed by atoms with E-state index in [2.05, 4.69) is 35.7 Å². The Labute approximate surface area is 176 Å². The quantitative estimate of drug-likeness (QED) is 0.512. The first-order valence-corrected chi connectivity index (χ1v) is 10.4. The van der Waals surface area contributed by atoms with Crippen molar-refractivity contribution in [3.05, 3.63) is 47.2 Å². The van der Waals surface area contributed by atoms with Crippen LogP contribution in [0.15, 0.2) is 41.0 Å². The van der Waals surface area contributed by atoms with Crippen LogP contribution in [0.4, 0.5) is 0 Å². The van der Waals surface area contributed by atoms with Crippen LogP contribution in [0.1, 0.15) is 44.2 Å². The van der Waals surface area contributed by atoms with E-state index in [4.69, 9.17) is 15.5 Å². The smallest absolute Gasteiger partial charge is 0.178 e. The molecule has 1 unspecified atom stereocenters. The van der Waals surface area contributed by atoms with Crippen LogP contribution in [-0.4, -0.2) is 23.2 Å². The maximum Gasteiger partial charge on any atom is 0.178 e. The molecule has 7 heteroatoms. The van der Waals surface area contributed by atoms with Gasteiger partial charge in [-0.15, -0.1) is 0 Å². The summed E-state index contributed by atoms with van der Waals surface area (Å²) in [5, 5.41) is 9.94. The number of benzene rings is 1. The summed E-state index contributed by atoms with van der Waals surface area (Å²) in [4.78, 5) is 4.82. The molecule has 2 aliphatic rings. The van der Waals surface area contributed by atoms with E-state index in [9.17, 15) is 5.26 Å². The molecule has 1 heterocycles. The molecule has 2 fully saturated rings. The van der Waals surface area contributed by atoms with Gasteiger partial charge in [0.25, 0.3) is 0 Å². The Hall–Kier alpha value is -2.71. The monoisotopic (exact) mass is 407 g/mol. The van der Waals surface area contributed by atoms with Gasteiger partial charge in [0.2, 0.25) is 0 Å². The lowest BCUT2D eigenvalue weighted by Gasteiger charge is -2.13. The average molecular weight is 408 g/mol. The largest absolute Gasteiger partial charge is 0.496 e. The predicted molar refractivity (Wildman–Crippen MR) is 119 cm³/mol. The molecule has 0 spiro atoms. The molecule has 4 N–H and O–H groups in total. The molecule has 1 aliphatic carbocycles. The summed E-state index contributed by atoms with van der Waals surface area (Å²) in [7, 11) is 1.63. The second kappa shape index (κ2) is 9.19. The first-order chi connectivity index (χ1) is 14.0. The zero-order chi connectivity index (χ0) is 20.9. The number of amidine groups is 1. The highest BCUT2D eigenvalue weighted by molar-refractivity contribution is 8.14. The molecule has 1 saturated carbocycles. The second-order valence-electron chi connectivity index (χ2n) is 6.85. The molecule has 0 radical (unpaired) electrons. The van der Waals surface area contributed by atoms with E-state index in [-0.39, 0.29) is 10.9 Å². The molecule has 6 nitrogen and oxygen atoms in total. The van der Waals surface area contributed by atoms with E-state index in [0.717, 1.165) is 47.0 Å². The minimum absolute atomic E-state index is 0.0943. The fraction of sp³-hybridized carbons (Fsp3) is 0.364. The van der Waals surface area contributed by atoms with Crippen LogP contribution in [-0.2, 0) is 0 Å². The zero-order valence-electron chi connectivity index (χ0n) is 16.9. The highest BCUT2D eigenvalue weighted by Gasteiger charge is 2.36. The number of ether oxygens (including phenoxy) is 1. The van der Waals surface area contributed by atoms with Gasteiger partial charge in [-0.3, -0.25) is 5.43 Å². The van der Waals surface area contributed by atoms with Gasteiger partial charge in [-0.05, 0) is 56.0 Å². The number of methoxy groups -OCH3 is 1. The molecule has 1 saturated heterocycles. The van der Waals surface area contributed by atoms with Crippen molar-refractivity contribution in [3.8, 4) is 23.7 Å². The minimum Gasteiger partial charge on any atom is -0.496 e. The van der Waals surface area contributed by atoms with Gasteiger partial charge in [-0.2, -0.15) is 5.26 Å². The van der Waals surface area contributed by atoms with Crippen molar-refractivity contribution in [2.45, 2.75) is 44.0 Å². The Morgan fingerprint density at radius 2 is 2.28 bits per heavy atom. The van der Waals surface area contributed by atoms with Crippen molar-refractivity contribution in [1.29, 1.82) is 5.26 Å². The summed E-state index contributed by atoms with van der Waals surface area (Å²) in [5.41, 5.74) is 15.2. The summed E-state index contributed by atoms with van der Waals surface area (Å²) >= 11 is 1.52. The van der Waals surface area contributed by atoms with Gasteiger partial charge in [-0.1, -0.05) is 36.6 Å². The van der Waals surface area contributed by atoms with Crippen LogP contribution in [0.25, 0.3) is 5.57 Å². The summed E-state index contributed by atoms with van der Waals surface area (Å²) in [6.45, 7) is 4.02. The van der Waals surface area contributed by atoms with Crippen LogP contribution >= 0.6 is 11.8 Å². The molecular weight excluding hydrogens is 382 g/mol. The third kappa shape index (κ3) is 5.21. The summed E-state index contributed by atoms with van der Waals surface area (Å²) in [6, 6.07) is 7.61. The number of nitrogens with one attached hydrogen (secondary N) is 2. The maximum atomic E-state index is 9.30. The highest BCUT2D eigenvalue weighted by Crippen LogP contribution is 2.33. The summed E-state index contributed by atoms with van der Waals surface area (Å²) in [6.07, 6.45) is 6.57. The molecule has 1 aliphatic heterocycles. The van der Waals surface area contributed by atoms with Gasteiger partial charge in [0.1, 0.15) is 11.1 Å². The van der Waals surface area contributed by atoms with E-state index in [1.54, 1.807) is 13.2 Å². The summed E-state index contributed by atoms with van der Waals surface area (Å²) < 4.78 is 5.53. The van der Waals surface area contributed by atoms with E-state index in [1.807, 2.05) is 31.2 Å². The molecule has 1 aromatic carbocycles. The number of rotatable bonds is 5. The van der Waals surface area contributed by atoms with Crippen molar-refractivity contribution in [2.24, 2.45) is 10.7 Å². The molecule has 0 amide bonds. The van der Waals surface area contributed by atoms with Gasteiger partial charge in [0.05, 0.1) is 30.0 Å². The Kier molecular flexibility index (Phi) is 6.66. The molecular formula is C22H25N5OS. The number of nitriles is 1. The van der Waals surface area contributed by atoms with E-state index in [0.29, 0.717) is 5.56 Å². The van der Waals surface area contributed by atoms with Crippen LogP contribution in [0.5, 0.6) is 5.75 Å². The number of hydrogen-bond donors (Lipinski definition) is 3. The van der Waals surface area contributed by atoms with E-state index < -0.39 is 0 Å². The van der Waals surface area contributed by atoms with Crippen LogP contribution in [0, 0.1) is 23.2 Å². The second-order valence-corrected chi connectivity index (χ2v) is 7.95. The number of hydrogen-bond acceptors (Lipinski definition) is 6. The first-order valence-electron chi connectivity index (χ1n) is 9.54. The summed E-state index contributed by atoms with van der Waals surface area (Å²) in [5.74, 6) is 7.03. The molecule has 1 atom stereocenters. The van der Waals surface area contributed by atoms with Gasteiger partial charge >= 0.3 is 0 Å². The van der Waals surface area contributed by atoms with E-state index >= 15 is 0 Å². The molecule has 29 heavy (non-hydrogen) atoms. The maximum absolute atomic E-state index is 9.30. The van der Waals surface area contributed by atoms with Crippen molar-refractivity contribution in [1.82, 2.24) is 10.9 Å². The lowest BCUT2D eigenvalue weighted by molar-refractivity contribution is 0.413. The fourth-order valence-electron chi connectivity index (χ4n) is 2.88. The Morgan fingerprint density at radius 3 is 2.90 bits per heavy atom. The van der Waals surface area contributed by atoms with Gasteiger partial charge < -0.3 is 10.5 Å². The van der Waals surface area contributed by atoms with E-state index in [1.165, 1.54) is 11.8 Å². The first kappa shape index (κ1) is 21.0. The van der Waals surface area contributed by atoms with Crippen molar-refractivity contribution < 1.29 is 4.74 Å². The predicted octanol–water partition coefficient (Wildman–Crippen LogP) is 3.28. The third-order valence-electron chi connectivity index (χ3n) is 4.64. The topological polar surface area (TPSA) is 95.5 Å². The van der Waals surface area contributed by atoms with Crippen molar-refractivity contribution in [2.75, 3.05) is 7.11 Å². The fourth-order valence-corrected chi connectivity index (χ4v) is 3.61. The van der Waals surface area contributed by atoms with Gasteiger partial charge in [0.15, 0.2) is 5.17 Å². The number of allylic oxidation sites excluding steroid dienone is 3. The van der Waals surface area contributed by atoms with Gasteiger partial charge in [-0.25, -0.2) is 10.4 Å². The highest BCUT2D eigenvalue weighted by atomic mass is 32.2. The lowest BCUT2D eigenvalue weighted by atomic mass is 9.98. The average Bonchev–Trinajstić information content (AvgIpc) is 3.30. The van der Waals surface area contributed by atoms with Gasteiger partial charge in [0, 0.05) is 5.56 Å². The third-order valence-corrected chi connectivity index (χ3v) is 5.53. The lowest BCUT2D eigenvalue weighted by Crippen LogP contribution is -2.31. The number of hydrazine groups is 1. The Balaban J connectivity index is 1.95. The van der Waals surface area contributed by atoms with Crippen LogP contribution in [0.2, 0.25) is 0 Å². The van der Waals surface area contributed by atoms with Crippen molar-refractivity contribution in [3.63, 3.8) is 0 Å². The molecule has 0 aromatic heterocycles. The van der Waals surface area contributed by atoms with Crippen LogP contribution < -0.4 is 21.3 Å². The molecule has 1 aromatic rings.